The molecule has 0 radical (unpaired) electrons. The van der Waals surface area contributed by atoms with E-state index < -0.39 is 0 Å². The molecule has 1 heterocycles. The second-order valence-corrected chi connectivity index (χ2v) is 2.79. The van der Waals surface area contributed by atoms with Crippen molar-refractivity contribution < 1.29 is 0 Å². The molecule has 3 nitrogen and oxygen atoms in total. The van der Waals surface area contributed by atoms with Gasteiger partial charge in [0.05, 0.1) is 6.20 Å². The van der Waals surface area contributed by atoms with Crippen LogP contribution in [-0.4, -0.2) is 16.2 Å². The fourth-order valence-electron chi connectivity index (χ4n) is 0.827. The van der Waals surface area contributed by atoms with Gasteiger partial charge in [-0.1, -0.05) is 6.08 Å². The highest BCUT2D eigenvalue weighted by atomic mass is 15.2. The molecule has 0 saturated heterocycles. The Labute approximate surface area is 72.5 Å². The number of hydrogen-bond acceptors (Lipinski definition) is 3. The second-order valence-electron chi connectivity index (χ2n) is 2.79. The maximum absolute atomic E-state index is 3.92. The van der Waals surface area contributed by atoms with Crippen molar-refractivity contribution in [1.29, 1.82) is 0 Å². The van der Waals surface area contributed by atoms with Gasteiger partial charge in [0.1, 0.15) is 5.82 Å². The first-order valence-electron chi connectivity index (χ1n) is 3.91. The summed E-state index contributed by atoms with van der Waals surface area (Å²) in [5, 5.41) is 10.9. The zero-order valence-corrected chi connectivity index (χ0v) is 7.41. The van der Waals surface area contributed by atoms with Crippen molar-refractivity contribution in [2.75, 3.05) is 5.32 Å². The van der Waals surface area contributed by atoms with Crippen molar-refractivity contribution in [3.63, 3.8) is 0 Å². The van der Waals surface area contributed by atoms with Crippen LogP contribution < -0.4 is 5.32 Å². The van der Waals surface area contributed by atoms with Gasteiger partial charge < -0.3 is 5.32 Å². The second kappa shape index (κ2) is 3.85. The van der Waals surface area contributed by atoms with Crippen molar-refractivity contribution in [2.45, 2.75) is 19.9 Å². The number of aromatic nitrogens is 2. The van der Waals surface area contributed by atoms with E-state index in [9.17, 15) is 0 Å². The van der Waals surface area contributed by atoms with E-state index in [1.165, 1.54) is 0 Å². The molecule has 1 atom stereocenters. The number of anilines is 1. The molecule has 0 saturated carbocycles. The lowest BCUT2D eigenvalue weighted by atomic mass is 10.3. The van der Waals surface area contributed by atoms with Gasteiger partial charge in [-0.25, -0.2) is 0 Å². The average molecular weight is 163 g/mol. The molecule has 1 aromatic heterocycles. The highest BCUT2D eigenvalue weighted by Crippen LogP contribution is 2.04. The number of rotatable bonds is 3. The van der Waals surface area contributed by atoms with Crippen LogP contribution in [0.1, 0.15) is 12.5 Å². The van der Waals surface area contributed by atoms with E-state index in [0.717, 1.165) is 11.4 Å². The van der Waals surface area contributed by atoms with Crippen molar-refractivity contribution in [3.8, 4) is 0 Å². The summed E-state index contributed by atoms with van der Waals surface area (Å²) in [7, 11) is 0. The van der Waals surface area contributed by atoms with Crippen LogP contribution in [0.4, 0.5) is 5.82 Å². The van der Waals surface area contributed by atoms with Gasteiger partial charge in [0.15, 0.2) is 0 Å². The SMILES string of the molecule is C=CC(C)Nc1cc(C)cnn1. The molecule has 3 heteroatoms. The Bertz CT molecular complexity index is 270. The molecule has 0 amide bonds. The minimum Gasteiger partial charge on any atom is -0.363 e. The Hall–Kier alpha value is -1.38. The topological polar surface area (TPSA) is 37.8 Å². The van der Waals surface area contributed by atoms with Crippen molar-refractivity contribution in [3.05, 3.63) is 30.5 Å². The van der Waals surface area contributed by atoms with Crippen LogP contribution in [0.5, 0.6) is 0 Å². The van der Waals surface area contributed by atoms with Crippen molar-refractivity contribution >= 4 is 5.82 Å². The summed E-state index contributed by atoms with van der Waals surface area (Å²) in [4.78, 5) is 0. The average Bonchev–Trinajstić information content (AvgIpc) is 2.04. The van der Waals surface area contributed by atoms with E-state index in [2.05, 4.69) is 22.1 Å². The van der Waals surface area contributed by atoms with E-state index in [-0.39, 0.29) is 6.04 Å². The predicted octanol–water partition coefficient (Wildman–Crippen LogP) is 1.77. The summed E-state index contributed by atoms with van der Waals surface area (Å²) in [5.41, 5.74) is 1.10. The van der Waals surface area contributed by atoms with Gasteiger partial charge in [-0.2, -0.15) is 5.10 Å². The van der Waals surface area contributed by atoms with Crippen LogP contribution in [0.2, 0.25) is 0 Å². The highest BCUT2D eigenvalue weighted by Gasteiger charge is 1.97. The Morgan fingerprint density at radius 1 is 1.67 bits per heavy atom. The molecule has 0 aliphatic rings. The molecule has 0 aliphatic heterocycles. The third-order valence-electron chi connectivity index (χ3n) is 1.52. The monoisotopic (exact) mass is 163 g/mol. The minimum absolute atomic E-state index is 0.223. The van der Waals surface area contributed by atoms with Gasteiger partial charge in [0.25, 0.3) is 0 Å². The molecule has 0 aromatic carbocycles. The van der Waals surface area contributed by atoms with Crippen LogP contribution in [0.15, 0.2) is 24.9 Å². The largest absolute Gasteiger partial charge is 0.363 e. The Morgan fingerprint density at radius 2 is 2.42 bits per heavy atom. The maximum Gasteiger partial charge on any atom is 0.149 e. The first kappa shape index (κ1) is 8.71. The van der Waals surface area contributed by atoms with E-state index in [0.29, 0.717) is 0 Å². The number of nitrogens with zero attached hydrogens (tertiary/aromatic N) is 2. The minimum atomic E-state index is 0.223. The van der Waals surface area contributed by atoms with Gasteiger partial charge in [-0.3, -0.25) is 0 Å². The third kappa shape index (κ3) is 2.34. The summed E-state index contributed by atoms with van der Waals surface area (Å²) < 4.78 is 0. The molecule has 1 aromatic rings. The van der Waals surface area contributed by atoms with Crippen LogP contribution in [0.25, 0.3) is 0 Å². The van der Waals surface area contributed by atoms with Crippen LogP contribution in [0.3, 0.4) is 0 Å². The number of aryl methyl sites for hydroxylation is 1. The first-order chi connectivity index (χ1) is 5.72. The van der Waals surface area contributed by atoms with Crippen molar-refractivity contribution in [2.24, 2.45) is 0 Å². The fourth-order valence-corrected chi connectivity index (χ4v) is 0.827. The third-order valence-corrected chi connectivity index (χ3v) is 1.52. The lowest BCUT2D eigenvalue weighted by molar-refractivity contribution is 0.939. The van der Waals surface area contributed by atoms with Gasteiger partial charge in [0, 0.05) is 6.04 Å². The van der Waals surface area contributed by atoms with E-state index in [4.69, 9.17) is 0 Å². The molecule has 0 fully saturated rings. The van der Waals surface area contributed by atoms with E-state index >= 15 is 0 Å². The molecule has 0 bridgehead atoms. The predicted molar refractivity (Wildman–Crippen MR) is 50.1 cm³/mol. The summed E-state index contributed by atoms with van der Waals surface area (Å²) in [5.74, 6) is 0.794. The van der Waals surface area contributed by atoms with E-state index in [1.54, 1.807) is 6.20 Å². The van der Waals surface area contributed by atoms with Crippen molar-refractivity contribution in [1.82, 2.24) is 10.2 Å². The van der Waals surface area contributed by atoms with Gasteiger partial charge >= 0.3 is 0 Å². The number of hydrogen-bond donors (Lipinski definition) is 1. The standard InChI is InChI=1S/C9H13N3/c1-4-8(3)11-9-5-7(2)6-10-12-9/h4-6,8H,1H2,2-3H3,(H,11,12). The quantitative estimate of drug-likeness (QED) is 0.690. The lowest BCUT2D eigenvalue weighted by Crippen LogP contribution is -2.12. The molecule has 0 aliphatic carbocycles. The summed E-state index contributed by atoms with van der Waals surface area (Å²) in [6.07, 6.45) is 3.55. The van der Waals surface area contributed by atoms with Crippen LogP contribution >= 0.6 is 0 Å². The Kier molecular flexibility index (Phi) is 2.80. The van der Waals surface area contributed by atoms with Crippen LogP contribution in [0, 0.1) is 6.92 Å². The fraction of sp³-hybridized carbons (Fsp3) is 0.333. The van der Waals surface area contributed by atoms with E-state index in [1.807, 2.05) is 26.0 Å². The summed E-state index contributed by atoms with van der Waals surface area (Å²) in [6.45, 7) is 7.66. The summed E-state index contributed by atoms with van der Waals surface area (Å²) >= 11 is 0. The maximum atomic E-state index is 3.92. The molecule has 1 unspecified atom stereocenters. The molecule has 64 valence electrons. The van der Waals surface area contributed by atoms with Gasteiger partial charge in [-0.15, -0.1) is 11.7 Å². The smallest absolute Gasteiger partial charge is 0.149 e. The summed E-state index contributed by atoms with van der Waals surface area (Å²) in [6, 6.07) is 2.17. The Morgan fingerprint density at radius 3 is 3.00 bits per heavy atom. The molecular weight excluding hydrogens is 150 g/mol. The molecule has 0 spiro atoms. The van der Waals surface area contributed by atoms with Gasteiger partial charge in [0.2, 0.25) is 0 Å². The molecule has 1 N–H and O–H groups in total. The van der Waals surface area contributed by atoms with Gasteiger partial charge in [-0.05, 0) is 25.5 Å². The molecule has 12 heavy (non-hydrogen) atoms. The first-order valence-corrected chi connectivity index (χ1v) is 3.91. The van der Waals surface area contributed by atoms with Crippen LogP contribution in [-0.2, 0) is 0 Å². The Balaban J connectivity index is 2.69. The zero-order chi connectivity index (χ0) is 8.97. The number of nitrogens with one attached hydrogen (secondary N) is 1. The molecular formula is C9H13N3. The normalized spacial score (nSPS) is 12.2. The highest BCUT2D eigenvalue weighted by molar-refractivity contribution is 5.36. The lowest BCUT2D eigenvalue weighted by Gasteiger charge is -2.08. The molecule has 1 rings (SSSR count). The zero-order valence-electron chi connectivity index (χ0n) is 7.41.